The average molecular weight is 460 g/mol. The van der Waals surface area contributed by atoms with Crippen LogP contribution in [-0.2, 0) is 26.0 Å². The molecule has 2 aromatic carbocycles. The van der Waals surface area contributed by atoms with Gasteiger partial charge in [0.05, 0.1) is 11.3 Å². The summed E-state index contributed by atoms with van der Waals surface area (Å²) >= 11 is 0. The highest BCUT2D eigenvalue weighted by Crippen LogP contribution is 2.21. The molecule has 0 unspecified atom stereocenters. The van der Waals surface area contributed by atoms with Crippen molar-refractivity contribution >= 4 is 21.8 Å². The number of sulfonamides is 1. The van der Waals surface area contributed by atoms with Gasteiger partial charge in [-0.1, -0.05) is 38.1 Å². The van der Waals surface area contributed by atoms with Crippen molar-refractivity contribution in [1.82, 2.24) is 9.21 Å². The van der Waals surface area contributed by atoms with Gasteiger partial charge >= 0.3 is 0 Å². The zero-order chi connectivity index (χ0) is 23.3. The van der Waals surface area contributed by atoms with Gasteiger partial charge in [0.15, 0.2) is 6.61 Å². The summed E-state index contributed by atoms with van der Waals surface area (Å²) in [5.74, 6) is 0.223. The van der Waals surface area contributed by atoms with Gasteiger partial charge in [0.25, 0.3) is 5.91 Å². The molecule has 0 atom stereocenters. The first kappa shape index (κ1) is 23.7. The van der Waals surface area contributed by atoms with Crippen molar-refractivity contribution in [2.75, 3.05) is 32.8 Å². The van der Waals surface area contributed by atoms with Crippen LogP contribution in [0.3, 0.4) is 0 Å². The summed E-state index contributed by atoms with van der Waals surface area (Å²) in [4.78, 5) is 25.3. The number of hydrogen-bond acceptors (Lipinski definition) is 5. The summed E-state index contributed by atoms with van der Waals surface area (Å²) in [6.07, 6.45) is 0.147. The van der Waals surface area contributed by atoms with Gasteiger partial charge in [-0.25, -0.2) is 8.42 Å². The van der Waals surface area contributed by atoms with Crippen molar-refractivity contribution in [1.29, 1.82) is 0 Å². The van der Waals surface area contributed by atoms with Crippen LogP contribution < -0.4 is 10.5 Å². The summed E-state index contributed by atoms with van der Waals surface area (Å²) in [6, 6.07) is 13.8. The van der Waals surface area contributed by atoms with Gasteiger partial charge in [-0.15, -0.1) is 0 Å². The van der Waals surface area contributed by atoms with Crippen molar-refractivity contribution in [2.45, 2.75) is 31.1 Å². The van der Waals surface area contributed by atoms with E-state index in [9.17, 15) is 18.0 Å². The molecule has 3 rings (SSSR count). The normalized spacial score (nSPS) is 15.0. The maximum absolute atomic E-state index is 12.9. The summed E-state index contributed by atoms with van der Waals surface area (Å²) in [5.41, 5.74) is 7.02. The highest BCUT2D eigenvalue weighted by molar-refractivity contribution is 7.89. The van der Waals surface area contributed by atoms with Crippen LogP contribution in [0.2, 0.25) is 0 Å². The largest absolute Gasteiger partial charge is 0.484 e. The SMILES string of the molecule is CC(C)c1ccc(S(=O)(=O)N2CCN(C(=O)COc3ccc(CC(N)=O)cc3)CC2)cc1. The standard InChI is InChI=1S/C23H29N3O5S/c1-17(2)19-5-9-21(10-6-19)32(29,30)26-13-11-25(12-14-26)23(28)16-31-20-7-3-18(4-8-20)15-22(24)27/h3-10,17H,11-16H2,1-2H3,(H2,24,27). The molecule has 1 fully saturated rings. The number of amides is 2. The number of primary amides is 1. The van der Waals surface area contributed by atoms with Crippen molar-refractivity contribution in [3.63, 3.8) is 0 Å². The molecular formula is C23H29N3O5S. The molecule has 0 aromatic heterocycles. The molecule has 2 N–H and O–H groups in total. The highest BCUT2D eigenvalue weighted by Gasteiger charge is 2.30. The Hall–Kier alpha value is -2.91. The number of carbonyl (C=O) groups excluding carboxylic acids is 2. The summed E-state index contributed by atoms with van der Waals surface area (Å²) < 4.78 is 32.8. The highest BCUT2D eigenvalue weighted by atomic mass is 32.2. The molecule has 0 aliphatic carbocycles. The zero-order valence-electron chi connectivity index (χ0n) is 18.4. The lowest BCUT2D eigenvalue weighted by Crippen LogP contribution is -2.51. The minimum Gasteiger partial charge on any atom is -0.484 e. The Kier molecular flexibility index (Phi) is 7.52. The third kappa shape index (κ3) is 5.86. The molecule has 0 radical (unpaired) electrons. The lowest BCUT2D eigenvalue weighted by molar-refractivity contribution is -0.134. The number of nitrogens with zero attached hydrogens (tertiary/aromatic N) is 2. The number of benzene rings is 2. The van der Waals surface area contributed by atoms with Crippen LogP contribution in [0.25, 0.3) is 0 Å². The Labute approximate surface area is 189 Å². The molecule has 32 heavy (non-hydrogen) atoms. The van der Waals surface area contributed by atoms with Crippen molar-refractivity contribution in [3.8, 4) is 5.75 Å². The molecule has 0 bridgehead atoms. The molecule has 0 spiro atoms. The van der Waals surface area contributed by atoms with E-state index < -0.39 is 15.9 Å². The average Bonchev–Trinajstić information content (AvgIpc) is 2.78. The van der Waals surface area contributed by atoms with Crippen LogP contribution >= 0.6 is 0 Å². The molecule has 1 saturated heterocycles. The third-order valence-electron chi connectivity index (χ3n) is 5.44. The van der Waals surface area contributed by atoms with Crippen molar-refractivity contribution < 1.29 is 22.7 Å². The molecule has 1 aliphatic heterocycles. The minimum absolute atomic E-state index is 0.140. The van der Waals surface area contributed by atoms with Crippen LogP contribution in [0, 0.1) is 0 Å². The minimum atomic E-state index is -3.59. The number of carbonyl (C=O) groups is 2. The predicted molar refractivity (Wildman–Crippen MR) is 121 cm³/mol. The van der Waals surface area contributed by atoms with E-state index in [-0.39, 0.29) is 36.9 Å². The van der Waals surface area contributed by atoms with Crippen LogP contribution in [0.4, 0.5) is 0 Å². The van der Waals surface area contributed by atoms with Gasteiger partial charge in [0, 0.05) is 26.2 Å². The lowest BCUT2D eigenvalue weighted by Gasteiger charge is -2.34. The van der Waals surface area contributed by atoms with Crippen molar-refractivity contribution in [2.24, 2.45) is 5.73 Å². The van der Waals surface area contributed by atoms with Crippen LogP contribution in [0.1, 0.15) is 30.9 Å². The first-order chi connectivity index (χ1) is 15.2. The number of piperazine rings is 1. The summed E-state index contributed by atoms with van der Waals surface area (Å²) in [7, 11) is -3.59. The molecular weight excluding hydrogens is 430 g/mol. The van der Waals surface area contributed by atoms with Gasteiger partial charge in [-0.3, -0.25) is 9.59 Å². The lowest BCUT2D eigenvalue weighted by atomic mass is 10.0. The number of hydrogen-bond donors (Lipinski definition) is 1. The smallest absolute Gasteiger partial charge is 0.260 e. The molecule has 0 saturated carbocycles. The Morgan fingerprint density at radius 3 is 2.09 bits per heavy atom. The maximum atomic E-state index is 12.9. The summed E-state index contributed by atoms with van der Waals surface area (Å²) in [6.45, 7) is 5.07. The fraction of sp³-hybridized carbons (Fsp3) is 0.391. The quantitative estimate of drug-likeness (QED) is 0.647. The molecule has 2 amide bonds. The molecule has 1 aliphatic rings. The van der Waals surface area contributed by atoms with Crippen LogP contribution in [-0.4, -0.2) is 62.2 Å². The van der Waals surface area contributed by atoms with E-state index in [1.54, 1.807) is 41.3 Å². The molecule has 9 heteroatoms. The molecule has 172 valence electrons. The van der Waals surface area contributed by atoms with Gasteiger partial charge in [0.1, 0.15) is 5.75 Å². The zero-order valence-corrected chi connectivity index (χ0v) is 19.2. The van der Waals surface area contributed by atoms with Gasteiger partial charge in [0.2, 0.25) is 15.9 Å². The van der Waals surface area contributed by atoms with Crippen LogP contribution in [0.5, 0.6) is 5.75 Å². The van der Waals surface area contributed by atoms with Gasteiger partial charge in [-0.2, -0.15) is 4.31 Å². The molecule has 1 heterocycles. The van der Waals surface area contributed by atoms with E-state index in [0.717, 1.165) is 11.1 Å². The second-order valence-electron chi connectivity index (χ2n) is 8.08. The van der Waals surface area contributed by atoms with Gasteiger partial charge in [-0.05, 0) is 41.3 Å². The fourth-order valence-corrected chi connectivity index (χ4v) is 4.91. The van der Waals surface area contributed by atoms with E-state index in [4.69, 9.17) is 10.5 Å². The Bertz CT molecular complexity index is 1040. The van der Waals surface area contributed by atoms with E-state index in [2.05, 4.69) is 13.8 Å². The van der Waals surface area contributed by atoms with Crippen molar-refractivity contribution in [3.05, 3.63) is 59.7 Å². The van der Waals surface area contributed by atoms with Gasteiger partial charge < -0.3 is 15.4 Å². The Balaban J connectivity index is 1.51. The summed E-state index contributed by atoms with van der Waals surface area (Å²) in [5, 5.41) is 0. The number of rotatable bonds is 8. The molecule has 2 aromatic rings. The third-order valence-corrected chi connectivity index (χ3v) is 7.35. The Morgan fingerprint density at radius 2 is 1.56 bits per heavy atom. The van der Waals surface area contributed by atoms with E-state index in [0.29, 0.717) is 24.8 Å². The second-order valence-corrected chi connectivity index (χ2v) is 10.0. The monoisotopic (exact) mass is 459 g/mol. The second kappa shape index (κ2) is 10.1. The Morgan fingerprint density at radius 1 is 0.969 bits per heavy atom. The predicted octanol–water partition coefficient (Wildman–Crippen LogP) is 1.75. The van der Waals surface area contributed by atoms with E-state index in [1.165, 1.54) is 4.31 Å². The van der Waals surface area contributed by atoms with E-state index in [1.807, 2.05) is 12.1 Å². The van der Waals surface area contributed by atoms with Crippen LogP contribution in [0.15, 0.2) is 53.4 Å². The fourth-order valence-electron chi connectivity index (χ4n) is 3.49. The topological polar surface area (TPSA) is 110 Å². The first-order valence-corrected chi connectivity index (χ1v) is 12.0. The number of nitrogens with two attached hydrogens (primary N) is 1. The number of ether oxygens (including phenoxy) is 1. The van der Waals surface area contributed by atoms with E-state index >= 15 is 0 Å². The molecule has 8 nitrogen and oxygen atoms in total. The maximum Gasteiger partial charge on any atom is 0.260 e. The first-order valence-electron chi connectivity index (χ1n) is 10.5.